The highest BCUT2D eigenvalue weighted by molar-refractivity contribution is 9.08. The highest BCUT2D eigenvalue weighted by Crippen LogP contribution is 2.30. The topological polar surface area (TPSA) is 18.5 Å². The summed E-state index contributed by atoms with van der Waals surface area (Å²) in [5, 5.41) is 0.796. The SMILES string of the molecule is COc1cc(CBr)ccc1OCc1ccc(Cl)s1. The van der Waals surface area contributed by atoms with E-state index in [9.17, 15) is 0 Å². The average molecular weight is 348 g/mol. The Hall–Kier alpha value is -0.710. The molecule has 0 saturated carbocycles. The summed E-state index contributed by atoms with van der Waals surface area (Å²) in [6.07, 6.45) is 0. The van der Waals surface area contributed by atoms with Gasteiger partial charge in [0.05, 0.1) is 11.4 Å². The number of methoxy groups -OCH3 is 1. The molecule has 96 valence electrons. The lowest BCUT2D eigenvalue weighted by molar-refractivity contribution is 0.287. The molecule has 18 heavy (non-hydrogen) atoms. The molecule has 2 rings (SSSR count). The van der Waals surface area contributed by atoms with Gasteiger partial charge in [-0.1, -0.05) is 33.6 Å². The van der Waals surface area contributed by atoms with E-state index < -0.39 is 0 Å². The van der Waals surface area contributed by atoms with Gasteiger partial charge in [0, 0.05) is 10.2 Å². The number of rotatable bonds is 5. The third-order valence-corrected chi connectivity index (χ3v) is 4.23. The summed E-state index contributed by atoms with van der Waals surface area (Å²) < 4.78 is 11.8. The monoisotopic (exact) mass is 346 g/mol. The van der Waals surface area contributed by atoms with Crippen LogP contribution in [0.5, 0.6) is 11.5 Å². The van der Waals surface area contributed by atoms with Crippen molar-refractivity contribution in [3.8, 4) is 11.5 Å². The van der Waals surface area contributed by atoms with Gasteiger partial charge in [-0.05, 0) is 29.8 Å². The number of halogens is 2. The fourth-order valence-electron chi connectivity index (χ4n) is 1.49. The molecule has 0 aliphatic carbocycles. The van der Waals surface area contributed by atoms with Crippen LogP contribution in [0.25, 0.3) is 0 Å². The molecule has 0 unspecified atom stereocenters. The Morgan fingerprint density at radius 3 is 2.67 bits per heavy atom. The molecular weight excluding hydrogens is 336 g/mol. The van der Waals surface area contributed by atoms with E-state index in [0.29, 0.717) is 6.61 Å². The molecule has 5 heteroatoms. The minimum absolute atomic E-state index is 0.501. The Balaban J connectivity index is 2.08. The van der Waals surface area contributed by atoms with E-state index in [1.165, 1.54) is 11.3 Å². The molecule has 0 bridgehead atoms. The quantitative estimate of drug-likeness (QED) is 0.717. The number of hydrogen-bond acceptors (Lipinski definition) is 3. The van der Waals surface area contributed by atoms with Crippen LogP contribution in [0.3, 0.4) is 0 Å². The maximum atomic E-state index is 5.87. The highest BCUT2D eigenvalue weighted by atomic mass is 79.9. The fraction of sp³-hybridized carbons (Fsp3) is 0.231. The van der Waals surface area contributed by atoms with Gasteiger partial charge >= 0.3 is 0 Å². The van der Waals surface area contributed by atoms with Gasteiger partial charge in [-0.25, -0.2) is 0 Å². The first-order chi connectivity index (χ1) is 8.72. The Labute approximate surface area is 124 Å². The van der Waals surface area contributed by atoms with Crippen LogP contribution in [0.4, 0.5) is 0 Å². The zero-order chi connectivity index (χ0) is 13.0. The Morgan fingerprint density at radius 2 is 2.06 bits per heavy atom. The first-order valence-corrected chi connectivity index (χ1v) is 7.64. The molecule has 0 N–H and O–H groups in total. The molecule has 2 aromatic rings. The normalized spacial score (nSPS) is 10.4. The number of ether oxygens (including phenoxy) is 2. The lowest BCUT2D eigenvalue weighted by Gasteiger charge is -2.10. The van der Waals surface area contributed by atoms with Crippen molar-refractivity contribution in [3.63, 3.8) is 0 Å². The maximum Gasteiger partial charge on any atom is 0.161 e. The lowest BCUT2D eigenvalue weighted by Crippen LogP contribution is -1.96. The summed E-state index contributed by atoms with van der Waals surface area (Å²) in [5.74, 6) is 1.49. The summed E-state index contributed by atoms with van der Waals surface area (Å²) in [6.45, 7) is 0.501. The van der Waals surface area contributed by atoms with Gasteiger partial charge in [-0.3, -0.25) is 0 Å². The third kappa shape index (κ3) is 3.40. The molecule has 0 amide bonds. The Kier molecular flexibility index (Phi) is 4.92. The van der Waals surface area contributed by atoms with Crippen molar-refractivity contribution >= 4 is 38.9 Å². The minimum Gasteiger partial charge on any atom is -0.493 e. The van der Waals surface area contributed by atoms with Crippen molar-refractivity contribution in [1.29, 1.82) is 0 Å². The molecule has 0 aliphatic rings. The summed E-state index contributed by atoms with van der Waals surface area (Å²) in [5.41, 5.74) is 1.15. The van der Waals surface area contributed by atoms with Gasteiger partial charge in [0.1, 0.15) is 6.61 Å². The van der Waals surface area contributed by atoms with Crippen LogP contribution in [-0.4, -0.2) is 7.11 Å². The van der Waals surface area contributed by atoms with E-state index in [1.54, 1.807) is 7.11 Å². The average Bonchev–Trinajstić information content (AvgIpc) is 2.82. The smallest absolute Gasteiger partial charge is 0.161 e. The number of hydrogen-bond donors (Lipinski definition) is 0. The van der Waals surface area contributed by atoms with Crippen LogP contribution < -0.4 is 9.47 Å². The van der Waals surface area contributed by atoms with Crippen LogP contribution in [0.15, 0.2) is 30.3 Å². The zero-order valence-corrected chi connectivity index (χ0v) is 12.9. The molecule has 0 aliphatic heterocycles. The van der Waals surface area contributed by atoms with Crippen molar-refractivity contribution in [3.05, 3.63) is 45.1 Å². The largest absolute Gasteiger partial charge is 0.493 e. The van der Waals surface area contributed by atoms with Crippen LogP contribution in [0.1, 0.15) is 10.4 Å². The molecular formula is C13H12BrClO2S. The molecule has 2 nitrogen and oxygen atoms in total. The summed E-state index contributed by atoms with van der Waals surface area (Å²) in [6, 6.07) is 9.73. The van der Waals surface area contributed by atoms with E-state index in [2.05, 4.69) is 15.9 Å². The first kappa shape index (κ1) is 13.7. The molecule has 0 radical (unpaired) electrons. The Morgan fingerprint density at radius 1 is 1.22 bits per heavy atom. The molecule has 1 heterocycles. The highest BCUT2D eigenvalue weighted by Gasteiger charge is 2.06. The minimum atomic E-state index is 0.501. The summed E-state index contributed by atoms with van der Waals surface area (Å²) >= 11 is 10.8. The van der Waals surface area contributed by atoms with Gasteiger partial charge in [0.2, 0.25) is 0 Å². The standard InChI is InChI=1S/C13H12BrClO2S/c1-16-12-6-9(7-14)2-4-11(12)17-8-10-3-5-13(15)18-10/h2-6H,7-8H2,1H3. The van der Waals surface area contributed by atoms with Gasteiger partial charge in [-0.15, -0.1) is 11.3 Å². The van der Waals surface area contributed by atoms with E-state index in [0.717, 1.165) is 31.6 Å². The van der Waals surface area contributed by atoms with E-state index in [1.807, 2.05) is 30.3 Å². The van der Waals surface area contributed by atoms with Gasteiger partial charge in [-0.2, -0.15) is 0 Å². The second kappa shape index (κ2) is 6.45. The zero-order valence-electron chi connectivity index (χ0n) is 9.78. The fourth-order valence-corrected chi connectivity index (χ4v) is 2.84. The van der Waals surface area contributed by atoms with E-state index in [-0.39, 0.29) is 0 Å². The second-order valence-corrected chi connectivity index (χ2v) is 5.97. The lowest BCUT2D eigenvalue weighted by atomic mass is 10.2. The number of benzene rings is 1. The molecule has 1 aromatic heterocycles. The molecule has 1 aromatic carbocycles. The molecule has 0 fully saturated rings. The van der Waals surface area contributed by atoms with Crippen LogP contribution >= 0.6 is 38.9 Å². The van der Waals surface area contributed by atoms with Crippen molar-refractivity contribution in [1.82, 2.24) is 0 Å². The molecule has 0 spiro atoms. The van der Waals surface area contributed by atoms with Gasteiger partial charge < -0.3 is 9.47 Å². The Bertz CT molecular complexity index is 527. The van der Waals surface area contributed by atoms with Crippen molar-refractivity contribution in [2.24, 2.45) is 0 Å². The molecule has 0 atom stereocenters. The molecule has 0 saturated heterocycles. The second-order valence-electron chi connectivity index (χ2n) is 3.61. The van der Waals surface area contributed by atoms with Crippen LogP contribution in [0, 0.1) is 0 Å². The van der Waals surface area contributed by atoms with Gasteiger partial charge in [0.25, 0.3) is 0 Å². The predicted molar refractivity (Wildman–Crippen MR) is 79.3 cm³/mol. The predicted octanol–water partition coefficient (Wildman–Crippen LogP) is 4.88. The van der Waals surface area contributed by atoms with Crippen molar-refractivity contribution in [2.75, 3.05) is 7.11 Å². The van der Waals surface area contributed by atoms with Crippen LogP contribution in [0.2, 0.25) is 4.34 Å². The number of alkyl halides is 1. The van der Waals surface area contributed by atoms with Crippen LogP contribution in [-0.2, 0) is 11.9 Å². The van der Waals surface area contributed by atoms with E-state index in [4.69, 9.17) is 21.1 Å². The van der Waals surface area contributed by atoms with Crippen molar-refractivity contribution < 1.29 is 9.47 Å². The number of thiophene rings is 1. The van der Waals surface area contributed by atoms with E-state index >= 15 is 0 Å². The summed E-state index contributed by atoms with van der Waals surface area (Å²) in [4.78, 5) is 1.09. The van der Waals surface area contributed by atoms with Gasteiger partial charge in [0.15, 0.2) is 11.5 Å². The third-order valence-electron chi connectivity index (χ3n) is 2.38. The summed E-state index contributed by atoms with van der Waals surface area (Å²) in [7, 11) is 1.64. The first-order valence-electron chi connectivity index (χ1n) is 5.33. The maximum absolute atomic E-state index is 5.87. The van der Waals surface area contributed by atoms with Crippen molar-refractivity contribution in [2.45, 2.75) is 11.9 Å².